The van der Waals surface area contributed by atoms with E-state index in [0.717, 1.165) is 45.8 Å². The number of nitrogens with one attached hydrogen (secondary N) is 2. The summed E-state index contributed by atoms with van der Waals surface area (Å²) in [5.74, 6) is -0.169. The number of benzene rings is 3. The highest BCUT2D eigenvalue weighted by atomic mass is 16.5. The predicted octanol–water partition coefficient (Wildman–Crippen LogP) is 4.09. The first-order chi connectivity index (χ1) is 17.6. The van der Waals surface area contributed by atoms with E-state index in [4.69, 9.17) is 20.9 Å². The highest BCUT2D eigenvalue weighted by Gasteiger charge is 2.14. The highest BCUT2D eigenvalue weighted by molar-refractivity contribution is 5.96. The highest BCUT2D eigenvalue weighted by Crippen LogP contribution is 2.26. The molecule has 0 amide bonds. The van der Waals surface area contributed by atoms with Gasteiger partial charge in [-0.2, -0.15) is 0 Å². The summed E-state index contributed by atoms with van der Waals surface area (Å²) < 4.78 is 11.1. The zero-order chi connectivity index (χ0) is 25.1. The molecule has 0 spiro atoms. The van der Waals surface area contributed by atoms with E-state index in [1.165, 1.54) is 0 Å². The molecule has 182 valence electrons. The molecule has 0 aliphatic heterocycles. The standard InChI is InChI=1S/C28H26N4O4/c29-11-9-19-15-31-25-7-5-21(13-23(19)25)35-27(33)17-1-2-18(4-3-17)28(34)36-22-6-8-26-24(14-22)20(10-12-30)16-32-26/h1-8,13-16,31-32H,9-12,29-30H2. The van der Waals surface area contributed by atoms with Crippen LogP contribution in [-0.4, -0.2) is 35.0 Å². The number of nitrogens with two attached hydrogens (primary N) is 2. The fourth-order valence-corrected chi connectivity index (χ4v) is 4.24. The normalized spacial score (nSPS) is 11.2. The zero-order valence-electron chi connectivity index (χ0n) is 19.5. The van der Waals surface area contributed by atoms with Crippen molar-refractivity contribution in [3.63, 3.8) is 0 Å². The van der Waals surface area contributed by atoms with Crippen LogP contribution in [0.1, 0.15) is 31.8 Å². The number of aromatic nitrogens is 2. The second-order valence-electron chi connectivity index (χ2n) is 8.48. The Morgan fingerprint density at radius 1 is 0.639 bits per heavy atom. The fraction of sp³-hybridized carbons (Fsp3) is 0.143. The van der Waals surface area contributed by atoms with Crippen LogP contribution in [0.3, 0.4) is 0 Å². The van der Waals surface area contributed by atoms with E-state index in [-0.39, 0.29) is 0 Å². The SMILES string of the molecule is NCCc1c[nH]c2ccc(OC(=O)c3ccc(C(=O)Oc4ccc5[nH]cc(CCN)c5c4)cc3)cc12. The molecular formula is C28H26N4O4. The van der Waals surface area contributed by atoms with Crippen molar-refractivity contribution in [3.8, 4) is 11.5 Å². The van der Waals surface area contributed by atoms with Gasteiger partial charge in [-0.15, -0.1) is 0 Å². The van der Waals surface area contributed by atoms with Gasteiger partial charge in [-0.05, 0) is 97.7 Å². The Morgan fingerprint density at radius 3 is 1.44 bits per heavy atom. The Bertz CT molecular complexity index is 1430. The van der Waals surface area contributed by atoms with Gasteiger partial charge in [-0.1, -0.05) is 0 Å². The first-order valence-electron chi connectivity index (χ1n) is 11.7. The van der Waals surface area contributed by atoms with Crippen molar-refractivity contribution in [2.75, 3.05) is 13.1 Å². The first kappa shape index (κ1) is 23.3. The van der Waals surface area contributed by atoms with Crippen molar-refractivity contribution in [2.45, 2.75) is 12.8 Å². The molecule has 0 fully saturated rings. The van der Waals surface area contributed by atoms with E-state index in [9.17, 15) is 9.59 Å². The number of fused-ring (bicyclic) bond motifs is 2. The number of hydrogen-bond donors (Lipinski definition) is 4. The number of carbonyl (C=O) groups excluding carboxylic acids is 2. The number of hydrogen-bond acceptors (Lipinski definition) is 6. The molecule has 0 bridgehead atoms. The van der Waals surface area contributed by atoms with Crippen LogP contribution in [-0.2, 0) is 12.8 Å². The van der Waals surface area contributed by atoms with Gasteiger partial charge < -0.3 is 30.9 Å². The molecule has 36 heavy (non-hydrogen) atoms. The average Bonchev–Trinajstić information content (AvgIpc) is 3.48. The smallest absolute Gasteiger partial charge is 0.343 e. The maximum Gasteiger partial charge on any atom is 0.343 e. The average molecular weight is 483 g/mol. The van der Waals surface area contributed by atoms with Crippen LogP contribution in [0.5, 0.6) is 11.5 Å². The molecule has 0 unspecified atom stereocenters. The Labute approximate surface area is 207 Å². The van der Waals surface area contributed by atoms with E-state index in [2.05, 4.69) is 9.97 Å². The van der Waals surface area contributed by atoms with Gasteiger partial charge in [0.15, 0.2) is 0 Å². The van der Waals surface area contributed by atoms with Crippen LogP contribution in [0, 0.1) is 0 Å². The van der Waals surface area contributed by atoms with Gasteiger partial charge in [0, 0.05) is 34.2 Å². The minimum atomic E-state index is -0.518. The number of H-pyrrole nitrogens is 2. The van der Waals surface area contributed by atoms with Gasteiger partial charge in [0.1, 0.15) is 11.5 Å². The molecule has 5 rings (SSSR count). The van der Waals surface area contributed by atoms with E-state index in [1.807, 2.05) is 36.7 Å². The zero-order valence-corrected chi connectivity index (χ0v) is 19.5. The van der Waals surface area contributed by atoms with Crippen LogP contribution < -0.4 is 20.9 Å². The van der Waals surface area contributed by atoms with Gasteiger partial charge in [-0.3, -0.25) is 0 Å². The number of aromatic amines is 2. The predicted molar refractivity (Wildman–Crippen MR) is 138 cm³/mol. The van der Waals surface area contributed by atoms with Crippen LogP contribution in [0.15, 0.2) is 73.1 Å². The summed E-state index contributed by atoms with van der Waals surface area (Å²) in [6.07, 6.45) is 5.28. The minimum Gasteiger partial charge on any atom is -0.423 e. The Hall–Kier alpha value is -4.40. The van der Waals surface area contributed by atoms with Crippen LogP contribution in [0.2, 0.25) is 0 Å². The summed E-state index contributed by atoms with van der Waals surface area (Å²) in [5.41, 5.74) is 16.0. The van der Waals surface area contributed by atoms with Crippen LogP contribution in [0.25, 0.3) is 21.8 Å². The molecule has 0 aliphatic rings. The molecule has 0 atom stereocenters. The van der Waals surface area contributed by atoms with Gasteiger partial charge in [0.25, 0.3) is 0 Å². The lowest BCUT2D eigenvalue weighted by molar-refractivity contribution is 0.0720. The van der Waals surface area contributed by atoms with E-state index >= 15 is 0 Å². The summed E-state index contributed by atoms with van der Waals surface area (Å²) in [6, 6.07) is 17.0. The van der Waals surface area contributed by atoms with E-state index in [1.54, 1.807) is 36.4 Å². The minimum absolute atomic E-state index is 0.322. The van der Waals surface area contributed by atoms with Crippen molar-refractivity contribution in [1.29, 1.82) is 0 Å². The largest absolute Gasteiger partial charge is 0.423 e. The molecular weight excluding hydrogens is 456 g/mol. The second-order valence-corrected chi connectivity index (χ2v) is 8.48. The first-order valence-corrected chi connectivity index (χ1v) is 11.7. The summed E-state index contributed by atoms with van der Waals surface area (Å²) >= 11 is 0. The Kier molecular flexibility index (Phi) is 6.53. The van der Waals surface area contributed by atoms with E-state index < -0.39 is 11.9 Å². The molecule has 2 heterocycles. The number of carbonyl (C=O) groups is 2. The summed E-state index contributed by atoms with van der Waals surface area (Å²) in [5, 5.41) is 1.94. The van der Waals surface area contributed by atoms with Crippen LogP contribution >= 0.6 is 0 Å². The summed E-state index contributed by atoms with van der Waals surface area (Å²) in [7, 11) is 0. The molecule has 0 aliphatic carbocycles. The second kappa shape index (κ2) is 10.1. The fourth-order valence-electron chi connectivity index (χ4n) is 4.24. The summed E-state index contributed by atoms with van der Waals surface area (Å²) in [6.45, 7) is 1.06. The van der Waals surface area contributed by atoms with Crippen molar-refractivity contribution < 1.29 is 19.1 Å². The number of esters is 2. The topological polar surface area (TPSA) is 136 Å². The molecule has 6 N–H and O–H groups in total. The third-order valence-corrected chi connectivity index (χ3v) is 6.08. The monoisotopic (exact) mass is 482 g/mol. The van der Waals surface area contributed by atoms with Gasteiger partial charge in [-0.25, -0.2) is 9.59 Å². The lowest BCUT2D eigenvalue weighted by Crippen LogP contribution is -2.11. The van der Waals surface area contributed by atoms with Crippen LogP contribution in [0.4, 0.5) is 0 Å². The molecule has 3 aromatic carbocycles. The van der Waals surface area contributed by atoms with Gasteiger partial charge in [0.2, 0.25) is 0 Å². The lowest BCUT2D eigenvalue weighted by atomic mass is 10.1. The van der Waals surface area contributed by atoms with Crippen molar-refractivity contribution in [3.05, 3.63) is 95.3 Å². The molecule has 5 aromatic rings. The molecule has 0 radical (unpaired) electrons. The number of rotatable bonds is 8. The maximum absolute atomic E-state index is 12.7. The lowest BCUT2D eigenvalue weighted by Gasteiger charge is -2.07. The Morgan fingerprint density at radius 2 is 1.06 bits per heavy atom. The van der Waals surface area contributed by atoms with Gasteiger partial charge in [0.05, 0.1) is 11.1 Å². The molecule has 8 heteroatoms. The summed E-state index contributed by atoms with van der Waals surface area (Å²) in [4.78, 5) is 31.7. The molecule has 8 nitrogen and oxygen atoms in total. The molecule has 2 aromatic heterocycles. The maximum atomic E-state index is 12.7. The third-order valence-electron chi connectivity index (χ3n) is 6.08. The Balaban J connectivity index is 1.27. The van der Waals surface area contributed by atoms with Crippen molar-refractivity contribution >= 4 is 33.7 Å². The quantitative estimate of drug-likeness (QED) is 0.194. The number of ether oxygens (including phenoxy) is 2. The molecule has 0 saturated carbocycles. The third kappa shape index (κ3) is 4.72. The van der Waals surface area contributed by atoms with E-state index in [0.29, 0.717) is 35.7 Å². The van der Waals surface area contributed by atoms with Crippen molar-refractivity contribution in [1.82, 2.24) is 9.97 Å². The van der Waals surface area contributed by atoms with Crippen molar-refractivity contribution in [2.24, 2.45) is 11.5 Å². The van der Waals surface area contributed by atoms with Gasteiger partial charge >= 0.3 is 11.9 Å². The molecule has 0 saturated heterocycles.